The third-order valence-electron chi connectivity index (χ3n) is 14.2. The van der Waals surface area contributed by atoms with Crippen molar-refractivity contribution in [2.45, 2.75) is 165 Å². The fraction of sp³-hybridized carbons (Fsp3) is 0.538. The molecule has 8 heteroatoms. The Morgan fingerprint density at radius 1 is 0.650 bits per heavy atom. The van der Waals surface area contributed by atoms with E-state index in [-0.39, 0.29) is 39.5 Å². The maximum Gasteiger partial charge on any atom is 0.192 e. The summed E-state index contributed by atoms with van der Waals surface area (Å²) < 4.78 is 37.0. The van der Waals surface area contributed by atoms with Crippen molar-refractivity contribution in [2.24, 2.45) is 0 Å². The standard InChI is InChI=1S/C52H78O5Si3/c1-14-35-52(49(57-60(12,13)51(5,6)7)46(40-55-59(10,11)50(2,3)4)54-38-42-29-21-16-22-30-42)47(36-45(56-52)39-53-37-41-27-19-15-20-28-41)58(8,9)48(43-31-23-17-24-32-43)44-33-25-18-26-34-44/h15-34,45-49H,14,35-40H2,1-13H3/t45-,46-,47-,49+,52-/m0/s1. The lowest BCUT2D eigenvalue weighted by atomic mass is 9.84. The Balaban J connectivity index is 1.72. The Bertz CT molecular complexity index is 1820. The molecule has 0 saturated carbocycles. The lowest BCUT2D eigenvalue weighted by Gasteiger charge is -2.53. The molecule has 0 bridgehead atoms. The molecule has 1 aliphatic rings. The van der Waals surface area contributed by atoms with Crippen LogP contribution in [0.2, 0.25) is 54.9 Å². The van der Waals surface area contributed by atoms with Gasteiger partial charge < -0.3 is 23.1 Å². The van der Waals surface area contributed by atoms with E-state index in [2.05, 4.69) is 209 Å². The second-order valence-corrected chi connectivity index (χ2v) is 35.5. The van der Waals surface area contributed by atoms with Crippen molar-refractivity contribution in [1.82, 2.24) is 0 Å². The molecule has 0 aromatic heterocycles. The maximum absolute atomic E-state index is 7.99. The molecule has 0 N–H and O–H groups in total. The van der Waals surface area contributed by atoms with Crippen LogP contribution in [0.1, 0.15) is 95.5 Å². The molecule has 0 unspecified atom stereocenters. The molecule has 0 aliphatic carbocycles. The highest BCUT2D eigenvalue weighted by Crippen LogP contribution is 2.58. The summed E-state index contributed by atoms with van der Waals surface area (Å²) in [4.78, 5) is 0. The fourth-order valence-electron chi connectivity index (χ4n) is 8.89. The van der Waals surface area contributed by atoms with Crippen molar-refractivity contribution in [2.75, 3.05) is 13.2 Å². The molecule has 5 rings (SSSR count). The van der Waals surface area contributed by atoms with Crippen LogP contribution >= 0.6 is 0 Å². The van der Waals surface area contributed by atoms with Gasteiger partial charge in [-0.2, -0.15) is 0 Å². The van der Waals surface area contributed by atoms with Gasteiger partial charge in [0.2, 0.25) is 0 Å². The number of rotatable bonds is 20. The van der Waals surface area contributed by atoms with E-state index in [0.717, 1.165) is 24.8 Å². The van der Waals surface area contributed by atoms with Crippen LogP contribution < -0.4 is 0 Å². The maximum atomic E-state index is 7.99. The largest absolute Gasteiger partial charge is 0.414 e. The van der Waals surface area contributed by atoms with Gasteiger partial charge in [0.15, 0.2) is 16.6 Å². The molecule has 1 aliphatic heterocycles. The highest BCUT2D eigenvalue weighted by Gasteiger charge is 2.63. The van der Waals surface area contributed by atoms with Crippen molar-refractivity contribution in [3.63, 3.8) is 0 Å². The molecule has 0 spiro atoms. The van der Waals surface area contributed by atoms with Crippen LogP contribution in [0.3, 0.4) is 0 Å². The molecular weight excluding hydrogens is 789 g/mol. The normalized spacial score (nSPS) is 20.4. The zero-order valence-corrected chi connectivity index (χ0v) is 42.4. The van der Waals surface area contributed by atoms with Crippen molar-refractivity contribution in [3.05, 3.63) is 144 Å². The Hall–Kier alpha value is -2.67. The minimum absolute atomic E-state index is 0.0367. The molecule has 5 atom stereocenters. The second kappa shape index (κ2) is 20.2. The number of hydrogen-bond acceptors (Lipinski definition) is 5. The average Bonchev–Trinajstić information content (AvgIpc) is 3.58. The van der Waals surface area contributed by atoms with Crippen molar-refractivity contribution < 1.29 is 23.1 Å². The second-order valence-electron chi connectivity index (χ2n) is 21.0. The molecule has 5 nitrogen and oxygen atoms in total. The van der Waals surface area contributed by atoms with E-state index in [0.29, 0.717) is 26.4 Å². The van der Waals surface area contributed by atoms with Gasteiger partial charge in [-0.1, -0.05) is 189 Å². The third-order valence-corrected chi connectivity index (χ3v) is 27.8. The first kappa shape index (κ1) is 48.4. The zero-order chi connectivity index (χ0) is 43.8. The average molecular weight is 867 g/mol. The van der Waals surface area contributed by atoms with Crippen LogP contribution in [0, 0.1) is 0 Å². The summed E-state index contributed by atoms with van der Waals surface area (Å²) >= 11 is 0. The summed E-state index contributed by atoms with van der Waals surface area (Å²) in [5, 5.41) is -0.00623. The predicted octanol–water partition coefficient (Wildman–Crippen LogP) is 14.0. The van der Waals surface area contributed by atoms with Crippen LogP contribution in [0.25, 0.3) is 0 Å². The number of hydrogen-bond donors (Lipinski definition) is 0. The monoisotopic (exact) mass is 867 g/mol. The summed E-state index contributed by atoms with van der Waals surface area (Å²) in [6.07, 6.45) is 1.84. The first-order chi connectivity index (χ1) is 28.2. The zero-order valence-electron chi connectivity index (χ0n) is 39.4. The molecule has 328 valence electrons. The molecule has 60 heavy (non-hydrogen) atoms. The van der Waals surface area contributed by atoms with Crippen molar-refractivity contribution >= 4 is 24.7 Å². The van der Waals surface area contributed by atoms with Gasteiger partial charge >= 0.3 is 0 Å². The van der Waals surface area contributed by atoms with E-state index in [9.17, 15) is 0 Å². The van der Waals surface area contributed by atoms with Gasteiger partial charge in [0.25, 0.3) is 0 Å². The fourth-order valence-corrected chi connectivity index (χ4v) is 16.3. The third kappa shape index (κ3) is 11.7. The van der Waals surface area contributed by atoms with Crippen LogP contribution in [-0.4, -0.2) is 61.8 Å². The van der Waals surface area contributed by atoms with Gasteiger partial charge in [0, 0.05) is 5.54 Å². The Morgan fingerprint density at radius 2 is 1.12 bits per heavy atom. The first-order valence-electron chi connectivity index (χ1n) is 22.6. The summed E-state index contributed by atoms with van der Waals surface area (Å²) in [6, 6.07) is 43.5. The van der Waals surface area contributed by atoms with E-state index in [4.69, 9.17) is 23.1 Å². The molecular formula is C52H78O5Si3. The number of benzene rings is 4. The highest BCUT2D eigenvalue weighted by atomic mass is 28.4. The van der Waals surface area contributed by atoms with Crippen molar-refractivity contribution in [1.29, 1.82) is 0 Å². The van der Waals surface area contributed by atoms with Gasteiger partial charge in [-0.3, -0.25) is 0 Å². The van der Waals surface area contributed by atoms with E-state index < -0.39 is 30.3 Å². The quantitative estimate of drug-likeness (QED) is 0.0828. The summed E-state index contributed by atoms with van der Waals surface area (Å²) in [6.45, 7) is 33.0. The molecule has 1 fully saturated rings. The van der Waals surface area contributed by atoms with Crippen LogP contribution in [0.4, 0.5) is 0 Å². The minimum atomic E-state index is -2.45. The first-order valence-corrected chi connectivity index (χ1v) is 31.6. The Labute approximate surface area is 368 Å². The van der Waals surface area contributed by atoms with Crippen LogP contribution in [-0.2, 0) is 36.3 Å². The molecule has 1 heterocycles. The minimum Gasteiger partial charge on any atom is -0.414 e. The van der Waals surface area contributed by atoms with E-state index in [1.165, 1.54) is 16.7 Å². The number of ether oxygens (including phenoxy) is 3. The molecule has 4 aromatic rings. The van der Waals surface area contributed by atoms with E-state index in [1.807, 2.05) is 0 Å². The van der Waals surface area contributed by atoms with Gasteiger partial charge in [0.05, 0.1) is 46.2 Å². The van der Waals surface area contributed by atoms with Crippen LogP contribution in [0.15, 0.2) is 121 Å². The highest BCUT2D eigenvalue weighted by molar-refractivity contribution is 6.81. The topological polar surface area (TPSA) is 46.2 Å². The molecule has 0 amide bonds. The Kier molecular flexibility index (Phi) is 16.3. The molecule has 0 radical (unpaired) electrons. The van der Waals surface area contributed by atoms with E-state index in [1.54, 1.807) is 0 Å². The summed E-state index contributed by atoms with van der Waals surface area (Å²) in [5.41, 5.74) is 4.82. The van der Waals surface area contributed by atoms with Gasteiger partial charge in [-0.25, -0.2) is 0 Å². The predicted molar refractivity (Wildman–Crippen MR) is 259 cm³/mol. The Morgan fingerprint density at radius 3 is 1.58 bits per heavy atom. The molecule has 1 saturated heterocycles. The van der Waals surface area contributed by atoms with Crippen molar-refractivity contribution in [3.8, 4) is 0 Å². The lowest BCUT2D eigenvalue weighted by molar-refractivity contribution is -0.178. The SMILES string of the molecule is CCC[C@]1([C@H](O[Si](C)(C)C(C)(C)C)[C@H](CO[Si](C)(C)C(C)(C)C)OCc2ccccc2)O[C@H](COCc2ccccc2)C[C@@H]1[Si](C)(C)C(c1ccccc1)c1ccccc1. The van der Waals surface area contributed by atoms with Crippen LogP contribution in [0.5, 0.6) is 0 Å². The van der Waals surface area contributed by atoms with E-state index >= 15 is 0 Å². The van der Waals surface area contributed by atoms with Gasteiger partial charge in [0.1, 0.15) is 12.2 Å². The lowest BCUT2D eigenvalue weighted by Crippen LogP contribution is -2.63. The smallest absolute Gasteiger partial charge is 0.192 e. The summed E-state index contributed by atoms with van der Waals surface area (Å²) in [7, 11) is -7.09. The summed E-state index contributed by atoms with van der Waals surface area (Å²) in [5.74, 6) is 0. The van der Waals surface area contributed by atoms with Gasteiger partial charge in [-0.05, 0) is 76.9 Å². The van der Waals surface area contributed by atoms with Gasteiger partial charge in [-0.15, -0.1) is 0 Å². The molecule has 4 aromatic carbocycles.